The lowest BCUT2D eigenvalue weighted by atomic mass is 9.98. The zero-order valence-corrected chi connectivity index (χ0v) is 17.3. The highest BCUT2D eigenvalue weighted by Crippen LogP contribution is 2.44. The molecule has 1 N–H and O–H groups in total. The van der Waals surface area contributed by atoms with Crippen molar-refractivity contribution in [2.45, 2.75) is 12.8 Å². The number of carboxylic acid groups (broad SMARTS) is 1. The monoisotopic (exact) mass is 411 g/mol. The summed E-state index contributed by atoms with van der Waals surface area (Å²) in [5.74, 6) is 1.32. The molecule has 154 valence electrons. The Hall–Kier alpha value is -4.04. The van der Waals surface area contributed by atoms with Crippen molar-refractivity contribution in [3.05, 3.63) is 88.5 Å². The molecule has 0 atom stereocenters. The smallest absolute Gasteiger partial charge is 0.414 e. The van der Waals surface area contributed by atoms with Gasteiger partial charge in [0.15, 0.2) is 0 Å². The van der Waals surface area contributed by atoms with Crippen molar-refractivity contribution in [2.24, 2.45) is 0 Å². The predicted molar refractivity (Wildman–Crippen MR) is 120 cm³/mol. The first-order chi connectivity index (χ1) is 14.9. The van der Waals surface area contributed by atoms with Gasteiger partial charge in [0, 0.05) is 24.2 Å². The summed E-state index contributed by atoms with van der Waals surface area (Å²) in [6.45, 7) is 1.83. The Labute approximate surface area is 180 Å². The minimum Gasteiger partial charge on any atom is -0.478 e. The van der Waals surface area contributed by atoms with Crippen LogP contribution in [0.25, 0.3) is 11.1 Å². The predicted octanol–water partition coefficient (Wildman–Crippen LogP) is 5.06. The van der Waals surface area contributed by atoms with E-state index < -0.39 is 12.1 Å². The van der Waals surface area contributed by atoms with Gasteiger partial charge in [-0.05, 0) is 46.9 Å². The molecule has 1 amide bonds. The van der Waals surface area contributed by atoms with Gasteiger partial charge in [-0.3, -0.25) is 4.90 Å². The second-order valence-electron chi connectivity index (χ2n) is 7.48. The number of ether oxygens (including phenoxy) is 1. The lowest BCUT2D eigenvalue weighted by Crippen LogP contribution is -2.29. The number of fused-ring (bicyclic) bond motifs is 3. The maximum absolute atomic E-state index is 12.8. The highest BCUT2D eigenvalue weighted by Gasteiger charge is 2.29. The quantitative estimate of drug-likeness (QED) is 0.610. The molecule has 0 bridgehead atoms. The maximum Gasteiger partial charge on any atom is 0.414 e. The minimum absolute atomic E-state index is 0.0568. The summed E-state index contributed by atoms with van der Waals surface area (Å²) in [4.78, 5) is 25.6. The Morgan fingerprint density at radius 2 is 1.65 bits per heavy atom. The number of hydrogen-bond donors (Lipinski definition) is 1. The van der Waals surface area contributed by atoms with Crippen LogP contribution >= 0.6 is 0 Å². The van der Waals surface area contributed by atoms with Gasteiger partial charge < -0.3 is 9.84 Å². The molecule has 0 fully saturated rings. The van der Waals surface area contributed by atoms with Gasteiger partial charge in [-0.25, -0.2) is 9.59 Å². The molecule has 5 heteroatoms. The van der Waals surface area contributed by atoms with Crippen LogP contribution in [-0.4, -0.2) is 30.8 Å². The van der Waals surface area contributed by atoms with Gasteiger partial charge in [-0.15, -0.1) is 6.42 Å². The van der Waals surface area contributed by atoms with Gasteiger partial charge in [0.2, 0.25) is 0 Å². The van der Waals surface area contributed by atoms with E-state index in [1.165, 1.54) is 18.0 Å². The third-order valence-corrected chi connectivity index (χ3v) is 5.78. The molecule has 4 rings (SSSR count). The van der Waals surface area contributed by atoms with E-state index in [2.05, 4.69) is 30.2 Å². The fourth-order valence-electron chi connectivity index (χ4n) is 4.06. The summed E-state index contributed by atoms with van der Waals surface area (Å²) in [5, 5.41) is 9.46. The Morgan fingerprint density at radius 3 is 2.19 bits per heavy atom. The third kappa shape index (κ3) is 3.53. The van der Waals surface area contributed by atoms with Crippen LogP contribution in [0.3, 0.4) is 0 Å². The zero-order chi connectivity index (χ0) is 22.1. The van der Waals surface area contributed by atoms with Gasteiger partial charge in [0.25, 0.3) is 0 Å². The van der Waals surface area contributed by atoms with Crippen molar-refractivity contribution in [3.63, 3.8) is 0 Å². The molecular weight excluding hydrogens is 390 g/mol. The lowest BCUT2D eigenvalue weighted by molar-refractivity contribution is 0.0696. The summed E-state index contributed by atoms with van der Waals surface area (Å²) in [6.07, 6.45) is 4.94. The van der Waals surface area contributed by atoms with E-state index in [1.54, 1.807) is 13.0 Å². The molecule has 31 heavy (non-hydrogen) atoms. The Balaban J connectivity index is 1.57. The first-order valence-corrected chi connectivity index (χ1v) is 9.85. The Kier molecular flexibility index (Phi) is 5.22. The number of carboxylic acids is 1. The molecule has 0 unspecified atom stereocenters. The average molecular weight is 411 g/mol. The number of hydrogen-bond acceptors (Lipinski definition) is 3. The summed E-state index contributed by atoms with van der Waals surface area (Å²) < 4.78 is 5.65. The highest BCUT2D eigenvalue weighted by atomic mass is 16.6. The maximum atomic E-state index is 12.8. The van der Waals surface area contributed by atoms with E-state index in [-0.39, 0.29) is 18.1 Å². The molecule has 0 heterocycles. The van der Waals surface area contributed by atoms with Crippen LogP contribution in [0.5, 0.6) is 0 Å². The number of terminal acetylenes is 1. The number of benzene rings is 3. The summed E-state index contributed by atoms with van der Waals surface area (Å²) in [5.41, 5.74) is 5.88. The Morgan fingerprint density at radius 1 is 1.06 bits per heavy atom. The average Bonchev–Trinajstić information content (AvgIpc) is 3.10. The first-order valence-electron chi connectivity index (χ1n) is 9.85. The first kappa shape index (κ1) is 20.2. The number of anilines is 1. The lowest BCUT2D eigenvalue weighted by Gasteiger charge is -2.21. The molecular formula is C26H21NO4. The van der Waals surface area contributed by atoms with Gasteiger partial charge in [-0.2, -0.15) is 0 Å². The molecule has 0 aromatic heterocycles. The van der Waals surface area contributed by atoms with Gasteiger partial charge in [0.05, 0.1) is 5.56 Å². The van der Waals surface area contributed by atoms with E-state index in [0.717, 1.165) is 22.3 Å². The molecule has 0 aliphatic heterocycles. The van der Waals surface area contributed by atoms with Crippen molar-refractivity contribution in [2.75, 3.05) is 18.6 Å². The van der Waals surface area contributed by atoms with Crippen molar-refractivity contribution in [1.82, 2.24) is 0 Å². The van der Waals surface area contributed by atoms with Crippen molar-refractivity contribution >= 4 is 17.7 Å². The molecule has 1 aliphatic rings. The highest BCUT2D eigenvalue weighted by molar-refractivity contribution is 5.94. The minimum atomic E-state index is -1.10. The normalized spacial score (nSPS) is 11.9. The zero-order valence-electron chi connectivity index (χ0n) is 17.3. The summed E-state index contributed by atoms with van der Waals surface area (Å²) >= 11 is 0. The fourth-order valence-corrected chi connectivity index (χ4v) is 4.06. The van der Waals surface area contributed by atoms with Crippen LogP contribution in [-0.2, 0) is 4.74 Å². The molecule has 0 saturated carbocycles. The van der Waals surface area contributed by atoms with Crippen molar-refractivity contribution in [3.8, 4) is 23.5 Å². The van der Waals surface area contributed by atoms with E-state index in [9.17, 15) is 14.7 Å². The standard InChI is InChI=1S/C26H21NO4/c1-4-17-13-18(14-23(16(17)2)25(28)29)27(3)26(30)31-15-24-21-11-7-5-9-19(21)20-10-6-8-12-22(20)24/h1,5-14,24H,15H2,2-3H3,(H,28,29). The van der Waals surface area contributed by atoms with Crippen LogP contribution < -0.4 is 4.90 Å². The van der Waals surface area contributed by atoms with E-state index >= 15 is 0 Å². The van der Waals surface area contributed by atoms with Crippen LogP contribution in [0.2, 0.25) is 0 Å². The molecule has 0 spiro atoms. The largest absolute Gasteiger partial charge is 0.478 e. The topological polar surface area (TPSA) is 66.8 Å². The van der Waals surface area contributed by atoms with E-state index in [1.807, 2.05) is 24.3 Å². The second kappa shape index (κ2) is 8.00. The van der Waals surface area contributed by atoms with E-state index in [0.29, 0.717) is 16.8 Å². The van der Waals surface area contributed by atoms with Crippen LogP contribution in [0.1, 0.15) is 38.5 Å². The number of nitrogens with zero attached hydrogens (tertiary/aromatic N) is 1. The molecule has 5 nitrogen and oxygen atoms in total. The van der Waals surface area contributed by atoms with Crippen LogP contribution in [0.4, 0.5) is 10.5 Å². The third-order valence-electron chi connectivity index (χ3n) is 5.78. The number of aromatic carboxylic acids is 1. The second-order valence-corrected chi connectivity index (χ2v) is 7.48. The SMILES string of the molecule is C#Cc1cc(N(C)C(=O)OCC2c3ccccc3-c3ccccc32)cc(C(=O)O)c1C. The summed E-state index contributed by atoms with van der Waals surface area (Å²) in [6, 6.07) is 19.2. The number of rotatable bonds is 4. The molecule has 3 aromatic carbocycles. The number of carbonyl (C=O) groups excluding carboxylic acids is 1. The number of amides is 1. The van der Waals surface area contributed by atoms with E-state index in [4.69, 9.17) is 11.2 Å². The molecule has 1 aliphatic carbocycles. The van der Waals surface area contributed by atoms with Gasteiger partial charge >= 0.3 is 12.1 Å². The van der Waals surface area contributed by atoms with Gasteiger partial charge in [-0.1, -0.05) is 54.5 Å². The fraction of sp³-hybridized carbons (Fsp3) is 0.154. The van der Waals surface area contributed by atoms with Gasteiger partial charge in [0.1, 0.15) is 6.61 Å². The molecule has 3 aromatic rings. The summed E-state index contributed by atoms with van der Waals surface area (Å²) in [7, 11) is 1.54. The molecule has 0 saturated heterocycles. The Bertz CT molecular complexity index is 1190. The number of carbonyl (C=O) groups is 2. The van der Waals surface area contributed by atoms with Crippen LogP contribution in [0.15, 0.2) is 60.7 Å². The van der Waals surface area contributed by atoms with Crippen molar-refractivity contribution < 1.29 is 19.4 Å². The van der Waals surface area contributed by atoms with Crippen LogP contribution in [0, 0.1) is 19.3 Å². The van der Waals surface area contributed by atoms with Crippen molar-refractivity contribution in [1.29, 1.82) is 0 Å². The molecule has 0 radical (unpaired) electrons.